The van der Waals surface area contributed by atoms with E-state index < -0.39 is 0 Å². The van der Waals surface area contributed by atoms with Crippen molar-refractivity contribution in [2.45, 2.75) is 19.4 Å². The first-order chi connectivity index (χ1) is 10.3. The zero-order valence-electron chi connectivity index (χ0n) is 12.1. The number of rotatable bonds is 2. The lowest BCUT2D eigenvalue weighted by Crippen LogP contribution is -2.24. The summed E-state index contributed by atoms with van der Waals surface area (Å²) in [6.07, 6.45) is 1.07. The van der Waals surface area contributed by atoms with Crippen molar-refractivity contribution in [1.82, 2.24) is 9.78 Å². The molecule has 4 rings (SSSR count). The van der Waals surface area contributed by atoms with Gasteiger partial charge in [-0.15, -0.1) is 11.3 Å². The minimum absolute atomic E-state index is 0.333. The Labute approximate surface area is 127 Å². The minimum atomic E-state index is 0.333. The Kier molecular flexibility index (Phi) is 2.89. The highest BCUT2D eigenvalue weighted by atomic mass is 32.1. The zero-order chi connectivity index (χ0) is 14.4. The first kappa shape index (κ1) is 12.7. The highest BCUT2D eigenvalue weighted by Gasteiger charge is 2.26. The van der Waals surface area contributed by atoms with Gasteiger partial charge in [0, 0.05) is 16.8 Å². The average Bonchev–Trinajstić information content (AvgIpc) is 3.09. The van der Waals surface area contributed by atoms with Crippen LogP contribution in [0.15, 0.2) is 29.6 Å². The molecule has 0 saturated heterocycles. The molecule has 2 aromatic heterocycles. The van der Waals surface area contributed by atoms with Crippen LogP contribution in [0, 0.1) is 6.92 Å². The van der Waals surface area contributed by atoms with Crippen molar-refractivity contribution in [2.75, 3.05) is 19.0 Å². The van der Waals surface area contributed by atoms with Crippen LogP contribution in [-0.2, 0) is 0 Å². The van der Waals surface area contributed by atoms with Crippen molar-refractivity contribution in [1.29, 1.82) is 0 Å². The average molecular weight is 299 g/mol. The summed E-state index contributed by atoms with van der Waals surface area (Å²) in [6.45, 7) is 3.15. The minimum Gasteiger partial charge on any atom is -0.497 e. The quantitative estimate of drug-likeness (QED) is 0.782. The second-order valence-corrected chi connectivity index (χ2v) is 6.32. The summed E-state index contributed by atoms with van der Waals surface area (Å²) < 4.78 is 7.48. The van der Waals surface area contributed by atoms with Crippen LogP contribution in [0.1, 0.15) is 22.9 Å². The van der Waals surface area contributed by atoms with Crippen molar-refractivity contribution in [3.63, 3.8) is 0 Å². The molecule has 3 aromatic rings. The van der Waals surface area contributed by atoms with Gasteiger partial charge in [-0.25, -0.2) is 4.68 Å². The van der Waals surface area contributed by atoms with Crippen LogP contribution in [0.3, 0.4) is 0 Å². The summed E-state index contributed by atoms with van der Waals surface area (Å²) in [4.78, 5) is 1.41. The lowest BCUT2D eigenvalue weighted by atomic mass is 10.1. The lowest BCUT2D eigenvalue weighted by molar-refractivity contribution is 0.415. The van der Waals surface area contributed by atoms with E-state index in [-0.39, 0.29) is 0 Å². The fourth-order valence-electron chi connectivity index (χ4n) is 3.03. The van der Waals surface area contributed by atoms with E-state index >= 15 is 0 Å². The van der Waals surface area contributed by atoms with Gasteiger partial charge in [0.1, 0.15) is 11.6 Å². The van der Waals surface area contributed by atoms with Gasteiger partial charge >= 0.3 is 0 Å². The number of thiophene rings is 1. The Balaban J connectivity index is 1.90. The maximum atomic E-state index is 5.34. The first-order valence-electron chi connectivity index (χ1n) is 7.12. The number of hydrogen-bond donors (Lipinski definition) is 1. The third kappa shape index (κ3) is 1.92. The van der Waals surface area contributed by atoms with Crippen LogP contribution < -0.4 is 10.1 Å². The molecule has 1 N–H and O–H groups in total. The summed E-state index contributed by atoms with van der Waals surface area (Å²) in [6, 6.07) is 8.57. The molecule has 0 amide bonds. The van der Waals surface area contributed by atoms with Gasteiger partial charge in [0.2, 0.25) is 0 Å². The van der Waals surface area contributed by atoms with Gasteiger partial charge in [-0.05, 0) is 48.6 Å². The molecule has 3 heterocycles. The maximum absolute atomic E-state index is 5.34. The summed E-state index contributed by atoms with van der Waals surface area (Å²) >= 11 is 1.82. The fourth-order valence-corrected chi connectivity index (χ4v) is 4.08. The summed E-state index contributed by atoms with van der Waals surface area (Å²) in [5.74, 6) is 1.97. The predicted molar refractivity (Wildman–Crippen MR) is 86.6 cm³/mol. The number of ether oxygens (including phenoxy) is 1. The van der Waals surface area contributed by atoms with Crippen molar-refractivity contribution >= 4 is 28.1 Å². The molecule has 0 bridgehead atoms. The molecule has 0 aliphatic carbocycles. The number of methoxy groups -OCH3 is 1. The van der Waals surface area contributed by atoms with E-state index in [0.717, 1.165) is 35.4 Å². The molecular formula is C16H17N3OS. The van der Waals surface area contributed by atoms with Crippen LogP contribution in [0.4, 0.5) is 5.82 Å². The normalized spacial score (nSPS) is 17.5. The standard InChI is InChI=1S/C16H17N3OS/c1-10-6-8-21-15(10)14-5-7-17-16-12-9-11(20-2)3-4-13(12)18-19(14)16/h3-4,6,8-9,14,17H,5,7H2,1-2H3. The highest BCUT2D eigenvalue weighted by Crippen LogP contribution is 2.38. The van der Waals surface area contributed by atoms with Crippen molar-refractivity contribution in [2.24, 2.45) is 0 Å². The Morgan fingerprint density at radius 3 is 3.05 bits per heavy atom. The fraction of sp³-hybridized carbons (Fsp3) is 0.312. The van der Waals surface area contributed by atoms with Crippen LogP contribution in [0.5, 0.6) is 5.75 Å². The summed E-state index contributed by atoms with van der Waals surface area (Å²) in [5.41, 5.74) is 2.37. The molecule has 21 heavy (non-hydrogen) atoms. The monoisotopic (exact) mass is 299 g/mol. The first-order valence-corrected chi connectivity index (χ1v) is 8.00. The van der Waals surface area contributed by atoms with E-state index in [1.165, 1.54) is 10.4 Å². The molecule has 0 saturated carbocycles. The molecule has 4 nitrogen and oxygen atoms in total. The Morgan fingerprint density at radius 1 is 1.38 bits per heavy atom. The molecule has 1 aromatic carbocycles. The summed E-state index contributed by atoms with van der Waals surface area (Å²) in [7, 11) is 1.70. The third-order valence-corrected chi connectivity index (χ3v) is 5.23. The number of aromatic nitrogens is 2. The Bertz CT molecular complexity index is 805. The molecule has 1 unspecified atom stereocenters. The number of aryl methyl sites for hydroxylation is 1. The molecule has 1 aliphatic rings. The van der Waals surface area contributed by atoms with Crippen LogP contribution in [-0.4, -0.2) is 23.4 Å². The van der Waals surface area contributed by atoms with E-state index in [4.69, 9.17) is 9.84 Å². The maximum Gasteiger partial charge on any atom is 0.133 e. The predicted octanol–water partition coefficient (Wildman–Crippen LogP) is 3.82. The van der Waals surface area contributed by atoms with Gasteiger partial charge in [0.15, 0.2) is 0 Å². The van der Waals surface area contributed by atoms with E-state index in [1.807, 2.05) is 23.5 Å². The van der Waals surface area contributed by atoms with Crippen LogP contribution in [0.25, 0.3) is 10.9 Å². The van der Waals surface area contributed by atoms with Gasteiger partial charge < -0.3 is 10.1 Å². The second kappa shape index (κ2) is 4.77. The Morgan fingerprint density at radius 2 is 2.29 bits per heavy atom. The smallest absolute Gasteiger partial charge is 0.133 e. The van der Waals surface area contributed by atoms with Crippen LogP contribution in [0.2, 0.25) is 0 Å². The number of benzene rings is 1. The molecular weight excluding hydrogens is 282 g/mol. The van der Waals surface area contributed by atoms with Crippen molar-refractivity contribution in [3.8, 4) is 5.75 Å². The van der Waals surface area contributed by atoms with E-state index in [9.17, 15) is 0 Å². The van der Waals surface area contributed by atoms with Crippen molar-refractivity contribution in [3.05, 3.63) is 40.1 Å². The number of nitrogens with one attached hydrogen (secondary N) is 1. The van der Waals surface area contributed by atoms with Gasteiger partial charge in [0.05, 0.1) is 18.7 Å². The number of hydrogen-bond acceptors (Lipinski definition) is 4. The molecule has 0 fully saturated rings. The van der Waals surface area contributed by atoms with E-state index in [0.29, 0.717) is 6.04 Å². The summed E-state index contributed by atoms with van der Waals surface area (Å²) in [5, 5.41) is 11.6. The Hall–Kier alpha value is -2.01. The topological polar surface area (TPSA) is 39.1 Å². The SMILES string of the molecule is COc1ccc2nn3c(c2c1)NCCC3c1sccc1C. The molecule has 1 atom stereocenters. The second-order valence-electron chi connectivity index (χ2n) is 5.38. The van der Waals surface area contributed by atoms with E-state index in [1.54, 1.807) is 7.11 Å². The van der Waals surface area contributed by atoms with Gasteiger partial charge in [-0.2, -0.15) is 5.10 Å². The molecule has 108 valence electrons. The molecule has 1 aliphatic heterocycles. The number of nitrogens with zero attached hydrogens (tertiary/aromatic N) is 2. The van der Waals surface area contributed by atoms with Gasteiger partial charge in [-0.3, -0.25) is 0 Å². The van der Waals surface area contributed by atoms with Crippen molar-refractivity contribution < 1.29 is 4.74 Å². The van der Waals surface area contributed by atoms with Gasteiger partial charge in [0.25, 0.3) is 0 Å². The largest absolute Gasteiger partial charge is 0.497 e. The third-order valence-electron chi connectivity index (χ3n) is 4.11. The number of fused-ring (bicyclic) bond motifs is 3. The molecule has 0 spiro atoms. The van der Waals surface area contributed by atoms with Crippen LogP contribution >= 0.6 is 11.3 Å². The number of anilines is 1. The lowest BCUT2D eigenvalue weighted by Gasteiger charge is -2.25. The van der Waals surface area contributed by atoms with Gasteiger partial charge in [-0.1, -0.05) is 0 Å². The van der Waals surface area contributed by atoms with E-state index in [2.05, 4.69) is 34.4 Å². The zero-order valence-corrected chi connectivity index (χ0v) is 12.9. The highest BCUT2D eigenvalue weighted by molar-refractivity contribution is 7.10. The molecule has 5 heteroatoms. The molecule has 0 radical (unpaired) electrons.